The molecule has 4 aliphatic carbocycles. The van der Waals surface area contributed by atoms with Crippen LogP contribution in [0.4, 0.5) is 0 Å². The maximum atomic E-state index is 12.3. The summed E-state index contributed by atoms with van der Waals surface area (Å²) in [5.41, 5.74) is 5.74. The molecule has 5 heteroatoms. The molecule has 20 heavy (non-hydrogen) atoms. The van der Waals surface area contributed by atoms with Gasteiger partial charge < -0.3 is 5.73 Å². The van der Waals surface area contributed by atoms with E-state index in [-0.39, 0.29) is 18.0 Å². The Morgan fingerprint density at radius 2 is 1.55 bits per heavy atom. The van der Waals surface area contributed by atoms with Crippen molar-refractivity contribution in [3.05, 3.63) is 0 Å². The highest BCUT2D eigenvalue weighted by molar-refractivity contribution is 7.90. The molecule has 4 rings (SSSR count). The van der Waals surface area contributed by atoms with Crippen LogP contribution in [0.25, 0.3) is 0 Å². The fraction of sp³-hybridized carbons (Fsp3) is 1.00. The van der Waals surface area contributed by atoms with E-state index in [1.165, 1.54) is 38.5 Å². The molecule has 4 nitrogen and oxygen atoms in total. The Kier molecular flexibility index (Phi) is 3.67. The first-order valence-corrected chi connectivity index (χ1v) is 9.60. The largest absolute Gasteiger partial charge is 0.329 e. The first-order valence-electron chi connectivity index (χ1n) is 8.06. The zero-order valence-electron chi connectivity index (χ0n) is 12.6. The van der Waals surface area contributed by atoms with Gasteiger partial charge in [-0.1, -0.05) is 0 Å². The van der Waals surface area contributed by atoms with Crippen LogP contribution >= 0.6 is 0 Å². The molecule has 3 N–H and O–H groups in total. The van der Waals surface area contributed by atoms with E-state index in [0.717, 1.165) is 17.8 Å². The minimum absolute atomic E-state index is 0.0508. The number of rotatable bonds is 5. The summed E-state index contributed by atoms with van der Waals surface area (Å²) in [7, 11) is -3.28. The maximum Gasteiger partial charge on any atom is 0.215 e. The molecule has 0 saturated heterocycles. The zero-order chi connectivity index (χ0) is 14.5. The summed E-state index contributed by atoms with van der Waals surface area (Å²) in [6.07, 6.45) is 7.83. The van der Waals surface area contributed by atoms with E-state index >= 15 is 0 Å². The molecule has 116 valence electrons. The van der Waals surface area contributed by atoms with E-state index in [4.69, 9.17) is 5.73 Å². The number of sulfonamides is 1. The highest BCUT2D eigenvalue weighted by Gasteiger charge is 2.53. The lowest BCUT2D eigenvalue weighted by atomic mass is 9.48. The van der Waals surface area contributed by atoms with E-state index < -0.39 is 15.3 Å². The highest BCUT2D eigenvalue weighted by atomic mass is 32.2. The topological polar surface area (TPSA) is 72.2 Å². The lowest BCUT2D eigenvalue weighted by Crippen LogP contribution is -2.56. The molecule has 0 radical (unpaired) electrons. The summed E-state index contributed by atoms with van der Waals surface area (Å²) < 4.78 is 27.5. The number of nitrogens with one attached hydrogen (secondary N) is 1. The Morgan fingerprint density at radius 3 is 1.95 bits per heavy atom. The van der Waals surface area contributed by atoms with Gasteiger partial charge in [0.1, 0.15) is 0 Å². The van der Waals surface area contributed by atoms with Gasteiger partial charge in [0.15, 0.2) is 0 Å². The molecule has 4 fully saturated rings. The Hall–Kier alpha value is -0.130. The Morgan fingerprint density at radius 1 is 1.10 bits per heavy atom. The van der Waals surface area contributed by atoms with Crippen LogP contribution in [-0.2, 0) is 10.0 Å². The van der Waals surface area contributed by atoms with Crippen molar-refractivity contribution in [3.8, 4) is 0 Å². The summed E-state index contributed by atoms with van der Waals surface area (Å²) in [6, 6.07) is 0.0508. The van der Waals surface area contributed by atoms with Crippen LogP contribution in [0.1, 0.15) is 52.4 Å². The quantitative estimate of drug-likeness (QED) is 0.814. The van der Waals surface area contributed by atoms with Gasteiger partial charge in [-0.15, -0.1) is 0 Å². The first-order chi connectivity index (χ1) is 9.34. The SMILES string of the molecule is CC(NS(=O)(=O)C(C)CN)C12CC3CC(CC(C3)C1)C2. The van der Waals surface area contributed by atoms with Crippen LogP contribution in [0.3, 0.4) is 0 Å². The van der Waals surface area contributed by atoms with E-state index in [2.05, 4.69) is 11.6 Å². The summed E-state index contributed by atoms with van der Waals surface area (Å²) in [6.45, 7) is 3.95. The number of hydrogen-bond donors (Lipinski definition) is 2. The normalized spacial score (nSPS) is 42.6. The standard InChI is InChI=1S/C15H28N2O2S/c1-10(9-16)20(18,19)17-11(2)15-6-12-3-13(7-15)5-14(4-12)8-15/h10-14,17H,3-9,16H2,1-2H3. The van der Waals surface area contributed by atoms with Crippen molar-refractivity contribution in [1.29, 1.82) is 0 Å². The fourth-order valence-corrected chi connectivity index (χ4v) is 6.55. The second-order valence-corrected chi connectivity index (χ2v) is 9.84. The third kappa shape index (κ3) is 2.42. The van der Waals surface area contributed by atoms with Crippen molar-refractivity contribution in [2.24, 2.45) is 28.9 Å². The van der Waals surface area contributed by atoms with Crippen molar-refractivity contribution in [2.75, 3.05) is 6.54 Å². The molecule has 0 aromatic carbocycles. The second-order valence-electron chi connectivity index (χ2n) is 7.71. The minimum atomic E-state index is -3.28. The molecule has 4 aliphatic rings. The van der Waals surface area contributed by atoms with E-state index in [1.54, 1.807) is 6.92 Å². The molecular formula is C15H28N2O2S. The third-order valence-electron chi connectivity index (χ3n) is 6.21. The Labute approximate surface area is 122 Å². The van der Waals surface area contributed by atoms with Crippen LogP contribution in [-0.4, -0.2) is 26.3 Å². The minimum Gasteiger partial charge on any atom is -0.329 e. The molecule has 0 heterocycles. The van der Waals surface area contributed by atoms with Crippen molar-refractivity contribution >= 4 is 10.0 Å². The summed E-state index contributed by atoms with van der Waals surface area (Å²) in [5.74, 6) is 2.54. The van der Waals surface area contributed by atoms with E-state index in [9.17, 15) is 8.42 Å². The van der Waals surface area contributed by atoms with Gasteiger partial charge in [-0.25, -0.2) is 13.1 Å². The van der Waals surface area contributed by atoms with E-state index in [1.807, 2.05) is 0 Å². The maximum absolute atomic E-state index is 12.3. The third-order valence-corrected chi connectivity index (χ3v) is 8.14. The van der Waals surface area contributed by atoms with Gasteiger partial charge in [0, 0.05) is 12.6 Å². The van der Waals surface area contributed by atoms with Gasteiger partial charge in [0.2, 0.25) is 10.0 Å². The van der Waals surface area contributed by atoms with Crippen LogP contribution in [0.2, 0.25) is 0 Å². The molecular weight excluding hydrogens is 272 g/mol. The van der Waals surface area contributed by atoms with Crippen LogP contribution in [0.5, 0.6) is 0 Å². The molecule has 0 spiro atoms. The Bertz CT molecular complexity index is 439. The summed E-state index contributed by atoms with van der Waals surface area (Å²) in [4.78, 5) is 0. The lowest BCUT2D eigenvalue weighted by molar-refractivity contribution is -0.0666. The number of nitrogens with two attached hydrogens (primary N) is 1. The van der Waals surface area contributed by atoms with Gasteiger partial charge >= 0.3 is 0 Å². The average Bonchev–Trinajstić information content (AvgIpc) is 2.35. The summed E-state index contributed by atoms with van der Waals surface area (Å²) in [5, 5.41) is -0.501. The molecule has 0 amide bonds. The molecule has 0 aromatic heterocycles. The predicted molar refractivity (Wildman–Crippen MR) is 80.6 cm³/mol. The van der Waals surface area contributed by atoms with Gasteiger partial charge in [0.25, 0.3) is 0 Å². The molecule has 2 unspecified atom stereocenters. The fourth-order valence-electron chi connectivity index (χ4n) is 5.32. The average molecular weight is 300 g/mol. The first kappa shape index (κ1) is 14.8. The van der Waals surface area contributed by atoms with Gasteiger partial charge in [-0.05, 0) is 75.5 Å². The Balaban J connectivity index is 1.76. The zero-order valence-corrected chi connectivity index (χ0v) is 13.5. The molecule has 0 aliphatic heterocycles. The lowest BCUT2D eigenvalue weighted by Gasteiger charge is -2.59. The van der Waals surface area contributed by atoms with Crippen molar-refractivity contribution in [3.63, 3.8) is 0 Å². The van der Waals surface area contributed by atoms with Gasteiger partial charge in [-0.2, -0.15) is 0 Å². The second kappa shape index (κ2) is 4.96. The van der Waals surface area contributed by atoms with E-state index in [0.29, 0.717) is 0 Å². The predicted octanol–water partition coefficient (Wildman–Crippen LogP) is 1.86. The smallest absolute Gasteiger partial charge is 0.215 e. The molecule has 4 saturated carbocycles. The molecule has 2 atom stereocenters. The van der Waals surface area contributed by atoms with Crippen LogP contribution in [0, 0.1) is 23.2 Å². The number of hydrogen-bond acceptors (Lipinski definition) is 3. The van der Waals surface area contributed by atoms with Crippen molar-refractivity contribution in [1.82, 2.24) is 4.72 Å². The summed E-state index contributed by atoms with van der Waals surface area (Å²) >= 11 is 0. The van der Waals surface area contributed by atoms with Gasteiger partial charge in [0.05, 0.1) is 5.25 Å². The monoisotopic (exact) mass is 300 g/mol. The molecule has 0 aromatic rings. The van der Waals surface area contributed by atoms with Crippen LogP contribution < -0.4 is 10.5 Å². The molecule has 4 bridgehead atoms. The van der Waals surface area contributed by atoms with Crippen molar-refractivity contribution in [2.45, 2.75) is 63.7 Å². The highest BCUT2D eigenvalue weighted by Crippen LogP contribution is 2.61. The van der Waals surface area contributed by atoms with Crippen molar-refractivity contribution < 1.29 is 8.42 Å². The van der Waals surface area contributed by atoms with Gasteiger partial charge in [-0.3, -0.25) is 0 Å². The van der Waals surface area contributed by atoms with Crippen LogP contribution in [0.15, 0.2) is 0 Å².